The zero-order chi connectivity index (χ0) is 14.2. The van der Waals surface area contributed by atoms with Gasteiger partial charge in [0.05, 0.1) is 11.8 Å². The summed E-state index contributed by atoms with van der Waals surface area (Å²) in [4.78, 5) is 15.6. The average Bonchev–Trinajstić information content (AvgIpc) is 2.49. The van der Waals surface area contributed by atoms with Crippen LogP contribution in [0.15, 0.2) is 64.4 Å². The zero-order valence-electron chi connectivity index (χ0n) is 10.5. The second kappa shape index (κ2) is 7.35. The van der Waals surface area contributed by atoms with Crippen LogP contribution in [0.3, 0.4) is 0 Å². The Morgan fingerprint density at radius 1 is 1.20 bits per heavy atom. The molecule has 2 aromatic rings. The molecule has 5 heteroatoms. The van der Waals surface area contributed by atoms with Crippen LogP contribution in [0, 0.1) is 0 Å². The SMILES string of the molecule is O=C(NN=C/C(Br)=C/c1ccccc1)c1cccnc1. The number of hydrogen-bond acceptors (Lipinski definition) is 3. The van der Waals surface area contributed by atoms with E-state index in [9.17, 15) is 4.79 Å². The predicted molar refractivity (Wildman–Crippen MR) is 83.5 cm³/mol. The summed E-state index contributed by atoms with van der Waals surface area (Å²) in [5.74, 6) is -0.297. The third-order valence-electron chi connectivity index (χ3n) is 2.38. The fraction of sp³-hybridized carbons (Fsp3) is 0. The number of carbonyl (C=O) groups is 1. The lowest BCUT2D eigenvalue weighted by atomic mass is 10.2. The van der Waals surface area contributed by atoms with E-state index in [0.717, 1.165) is 10.0 Å². The summed E-state index contributed by atoms with van der Waals surface area (Å²) in [5, 5.41) is 3.88. The number of nitrogens with zero attached hydrogens (tertiary/aromatic N) is 2. The molecule has 0 unspecified atom stereocenters. The van der Waals surface area contributed by atoms with Crippen molar-refractivity contribution in [2.24, 2.45) is 5.10 Å². The molecule has 20 heavy (non-hydrogen) atoms. The second-order valence-corrected chi connectivity index (χ2v) is 4.80. The van der Waals surface area contributed by atoms with Gasteiger partial charge in [-0.15, -0.1) is 0 Å². The maximum atomic E-state index is 11.7. The topological polar surface area (TPSA) is 54.4 Å². The van der Waals surface area contributed by atoms with E-state index in [-0.39, 0.29) is 5.91 Å². The van der Waals surface area contributed by atoms with E-state index in [1.807, 2.05) is 36.4 Å². The average molecular weight is 330 g/mol. The van der Waals surface area contributed by atoms with Crippen LogP contribution in [-0.2, 0) is 0 Å². The summed E-state index contributed by atoms with van der Waals surface area (Å²) in [6.07, 6.45) is 6.53. The number of rotatable bonds is 4. The molecular formula is C15H12BrN3O. The largest absolute Gasteiger partial charge is 0.272 e. The van der Waals surface area contributed by atoms with Crippen molar-refractivity contribution < 1.29 is 4.79 Å². The number of amides is 1. The van der Waals surface area contributed by atoms with Crippen molar-refractivity contribution >= 4 is 34.1 Å². The normalized spacial score (nSPS) is 11.6. The summed E-state index contributed by atoms with van der Waals surface area (Å²) in [6, 6.07) is 13.2. The van der Waals surface area contributed by atoms with Crippen LogP contribution in [-0.4, -0.2) is 17.1 Å². The van der Waals surface area contributed by atoms with Gasteiger partial charge < -0.3 is 0 Å². The van der Waals surface area contributed by atoms with Gasteiger partial charge in [0.15, 0.2) is 0 Å². The van der Waals surface area contributed by atoms with Gasteiger partial charge >= 0.3 is 0 Å². The number of aromatic nitrogens is 1. The number of halogens is 1. The standard InChI is InChI=1S/C15H12BrN3O/c16-14(9-12-5-2-1-3-6-12)11-18-19-15(20)13-7-4-8-17-10-13/h1-11H,(H,19,20)/b14-9-,18-11?. The molecule has 1 aromatic carbocycles. The Balaban J connectivity index is 1.94. The van der Waals surface area contributed by atoms with Gasteiger partial charge in [0.25, 0.3) is 5.91 Å². The molecule has 100 valence electrons. The molecular weight excluding hydrogens is 318 g/mol. The van der Waals surface area contributed by atoms with Crippen LogP contribution in [0.25, 0.3) is 6.08 Å². The molecule has 1 heterocycles. The molecule has 0 saturated heterocycles. The van der Waals surface area contributed by atoms with Crippen LogP contribution in [0.1, 0.15) is 15.9 Å². The van der Waals surface area contributed by atoms with Crippen molar-refractivity contribution in [3.05, 3.63) is 70.5 Å². The molecule has 0 saturated carbocycles. The fourth-order valence-corrected chi connectivity index (χ4v) is 1.83. The first-order valence-electron chi connectivity index (χ1n) is 5.91. The molecule has 2 rings (SSSR count). The number of hydrogen-bond donors (Lipinski definition) is 1. The van der Waals surface area contributed by atoms with Crippen molar-refractivity contribution in [1.29, 1.82) is 0 Å². The van der Waals surface area contributed by atoms with E-state index in [2.05, 4.69) is 31.4 Å². The van der Waals surface area contributed by atoms with Gasteiger partial charge in [0.1, 0.15) is 0 Å². The highest BCUT2D eigenvalue weighted by atomic mass is 79.9. The highest BCUT2D eigenvalue weighted by Crippen LogP contribution is 2.09. The maximum Gasteiger partial charge on any atom is 0.272 e. The second-order valence-electron chi connectivity index (χ2n) is 3.88. The first-order valence-corrected chi connectivity index (χ1v) is 6.71. The van der Waals surface area contributed by atoms with E-state index in [0.29, 0.717) is 5.56 Å². The highest BCUT2D eigenvalue weighted by molar-refractivity contribution is 9.12. The van der Waals surface area contributed by atoms with E-state index in [1.54, 1.807) is 18.3 Å². The van der Waals surface area contributed by atoms with Gasteiger partial charge in [-0.25, -0.2) is 5.43 Å². The smallest absolute Gasteiger partial charge is 0.267 e. The minimum Gasteiger partial charge on any atom is -0.267 e. The van der Waals surface area contributed by atoms with Crippen LogP contribution in [0.2, 0.25) is 0 Å². The molecule has 0 aliphatic carbocycles. The van der Waals surface area contributed by atoms with Crippen molar-refractivity contribution in [2.75, 3.05) is 0 Å². The van der Waals surface area contributed by atoms with E-state index in [4.69, 9.17) is 0 Å². The maximum absolute atomic E-state index is 11.7. The summed E-state index contributed by atoms with van der Waals surface area (Å²) < 4.78 is 0.759. The number of benzene rings is 1. The quantitative estimate of drug-likeness (QED) is 0.691. The molecule has 0 aliphatic rings. The molecule has 0 bridgehead atoms. The first kappa shape index (κ1) is 14.1. The Kier molecular flexibility index (Phi) is 5.20. The van der Waals surface area contributed by atoms with Crippen molar-refractivity contribution in [1.82, 2.24) is 10.4 Å². The third kappa shape index (κ3) is 4.44. The third-order valence-corrected chi connectivity index (χ3v) is 2.82. The Labute approximate surface area is 125 Å². The molecule has 0 aliphatic heterocycles. The summed E-state index contributed by atoms with van der Waals surface area (Å²) in [5.41, 5.74) is 3.95. The Bertz CT molecular complexity index is 624. The Morgan fingerprint density at radius 3 is 2.70 bits per heavy atom. The van der Waals surface area contributed by atoms with Crippen LogP contribution in [0.5, 0.6) is 0 Å². The molecule has 0 fully saturated rings. The lowest BCUT2D eigenvalue weighted by Gasteiger charge is -1.98. The summed E-state index contributed by atoms with van der Waals surface area (Å²) >= 11 is 3.37. The van der Waals surface area contributed by atoms with Gasteiger partial charge in [-0.1, -0.05) is 30.3 Å². The van der Waals surface area contributed by atoms with Gasteiger partial charge in [-0.3, -0.25) is 9.78 Å². The highest BCUT2D eigenvalue weighted by Gasteiger charge is 2.02. The first-order chi connectivity index (χ1) is 9.75. The molecule has 0 atom stereocenters. The number of hydrazone groups is 1. The molecule has 1 N–H and O–H groups in total. The molecule has 1 aromatic heterocycles. The van der Waals surface area contributed by atoms with E-state index in [1.165, 1.54) is 12.4 Å². The Morgan fingerprint density at radius 2 is 2.00 bits per heavy atom. The summed E-state index contributed by atoms with van der Waals surface area (Å²) in [7, 11) is 0. The van der Waals surface area contributed by atoms with Crippen molar-refractivity contribution in [2.45, 2.75) is 0 Å². The van der Waals surface area contributed by atoms with Gasteiger partial charge in [0, 0.05) is 16.9 Å². The predicted octanol–water partition coefficient (Wildman–Crippen LogP) is 3.23. The van der Waals surface area contributed by atoms with Gasteiger partial charge in [0.2, 0.25) is 0 Å². The monoisotopic (exact) mass is 329 g/mol. The number of nitrogens with one attached hydrogen (secondary N) is 1. The van der Waals surface area contributed by atoms with Gasteiger partial charge in [-0.05, 0) is 39.7 Å². The minimum atomic E-state index is -0.297. The van der Waals surface area contributed by atoms with Crippen molar-refractivity contribution in [3.63, 3.8) is 0 Å². The van der Waals surface area contributed by atoms with E-state index < -0.39 is 0 Å². The van der Waals surface area contributed by atoms with Crippen molar-refractivity contribution in [3.8, 4) is 0 Å². The Hall–Kier alpha value is -2.27. The molecule has 0 spiro atoms. The lowest BCUT2D eigenvalue weighted by Crippen LogP contribution is -2.17. The van der Waals surface area contributed by atoms with Crippen LogP contribution >= 0.6 is 15.9 Å². The molecule has 1 amide bonds. The lowest BCUT2D eigenvalue weighted by molar-refractivity contribution is 0.0955. The number of allylic oxidation sites excluding steroid dienone is 1. The molecule has 0 radical (unpaired) electrons. The zero-order valence-corrected chi connectivity index (χ0v) is 12.1. The number of pyridine rings is 1. The summed E-state index contributed by atoms with van der Waals surface area (Å²) in [6.45, 7) is 0. The van der Waals surface area contributed by atoms with E-state index >= 15 is 0 Å². The van der Waals surface area contributed by atoms with Gasteiger partial charge in [-0.2, -0.15) is 5.10 Å². The fourth-order valence-electron chi connectivity index (χ4n) is 1.46. The molecule has 4 nitrogen and oxygen atoms in total. The minimum absolute atomic E-state index is 0.297. The van der Waals surface area contributed by atoms with Crippen LogP contribution in [0.4, 0.5) is 0 Å². The van der Waals surface area contributed by atoms with Crippen LogP contribution < -0.4 is 5.43 Å². The number of carbonyl (C=O) groups excluding carboxylic acids is 1.